The molecule has 1 aromatic carbocycles. The van der Waals surface area contributed by atoms with E-state index in [1.165, 1.54) is 31.4 Å². The molecule has 4 atom stereocenters. The molecule has 2 aliphatic carbocycles. The van der Waals surface area contributed by atoms with E-state index in [9.17, 15) is 24.0 Å². The minimum atomic E-state index is -0.805. The molecule has 9 heteroatoms. The number of rotatable bonds is 6. The van der Waals surface area contributed by atoms with Gasteiger partial charge in [0.1, 0.15) is 6.54 Å². The first kappa shape index (κ1) is 20.1. The molecule has 1 heterocycles. The standard InChI is InChI=1S/C21H22N2O7/c1-29-21(28)11-4-6-14(7-5-11)22-15(24)10-30-16(25)9-23-19(26)17-12-2-3-13(8-12)18(17)20(23)27/h4-7,12-13,17-18H,2-3,8-10H2,1H3,(H,22,24)/t12-,13-,17-,18+/m0/s1. The van der Waals surface area contributed by atoms with Crippen molar-refractivity contribution in [1.29, 1.82) is 0 Å². The van der Waals surface area contributed by atoms with E-state index in [0.29, 0.717) is 11.3 Å². The topological polar surface area (TPSA) is 119 Å². The van der Waals surface area contributed by atoms with Gasteiger partial charge in [0.05, 0.1) is 24.5 Å². The second kappa shape index (κ2) is 7.89. The third-order valence-electron chi connectivity index (χ3n) is 6.26. The SMILES string of the molecule is COC(=O)c1ccc(NC(=O)COC(=O)CN2C(=O)[C@@H]3[C@H]4CC[C@@H](C4)[C@@H]3C2=O)cc1. The quantitative estimate of drug-likeness (QED) is 0.544. The largest absolute Gasteiger partial charge is 0.465 e. The summed E-state index contributed by atoms with van der Waals surface area (Å²) in [5, 5.41) is 2.53. The number of fused-ring (bicyclic) bond motifs is 5. The van der Waals surface area contributed by atoms with Gasteiger partial charge in [-0.15, -0.1) is 0 Å². The average molecular weight is 414 g/mol. The van der Waals surface area contributed by atoms with Crippen LogP contribution in [0.25, 0.3) is 0 Å². The van der Waals surface area contributed by atoms with Gasteiger partial charge in [-0.25, -0.2) is 4.79 Å². The Hall–Kier alpha value is -3.23. The van der Waals surface area contributed by atoms with E-state index in [4.69, 9.17) is 4.74 Å². The van der Waals surface area contributed by atoms with Crippen LogP contribution in [0.1, 0.15) is 29.6 Å². The number of likely N-dealkylation sites (tertiary alicyclic amines) is 1. The number of carbonyl (C=O) groups is 5. The molecule has 3 amide bonds. The highest BCUT2D eigenvalue weighted by molar-refractivity contribution is 6.08. The summed E-state index contributed by atoms with van der Waals surface area (Å²) >= 11 is 0. The molecule has 0 unspecified atom stereocenters. The Kier molecular flexibility index (Phi) is 5.27. The fraction of sp³-hybridized carbons (Fsp3) is 0.476. The summed E-state index contributed by atoms with van der Waals surface area (Å²) in [5.41, 5.74) is 0.747. The maximum Gasteiger partial charge on any atom is 0.337 e. The second-order valence-electron chi connectivity index (χ2n) is 7.93. The number of methoxy groups -OCH3 is 1. The average Bonchev–Trinajstić information content (AvgIpc) is 3.42. The number of esters is 2. The molecule has 0 aromatic heterocycles. The van der Waals surface area contributed by atoms with Gasteiger partial charge in [0.15, 0.2) is 6.61 Å². The fourth-order valence-electron chi connectivity index (χ4n) is 4.95. The normalized spacial score (nSPS) is 26.5. The summed E-state index contributed by atoms with van der Waals surface area (Å²) in [7, 11) is 1.27. The molecule has 9 nitrogen and oxygen atoms in total. The molecular weight excluding hydrogens is 392 g/mol. The number of anilines is 1. The van der Waals surface area contributed by atoms with Crippen LogP contribution in [0.3, 0.4) is 0 Å². The van der Waals surface area contributed by atoms with Gasteiger partial charge in [-0.2, -0.15) is 0 Å². The van der Waals surface area contributed by atoms with Crippen molar-refractivity contribution in [2.45, 2.75) is 19.3 Å². The Morgan fingerprint density at radius 3 is 2.20 bits per heavy atom. The van der Waals surface area contributed by atoms with E-state index >= 15 is 0 Å². The molecule has 1 aromatic rings. The van der Waals surface area contributed by atoms with E-state index in [0.717, 1.165) is 24.2 Å². The number of imide groups is 1. The van der Waals surface area contributed by atoms with Gasteiger partial charge < -0.3 is 14.8 Å². The second-order valence-corrected chi connectivity index (χ2v) is 7.93. The Bertz CT molecular complexity index is 882. The Morgan fingerprint density at radius 2 is 1.63 bits per heavy atom. The van der Waals surface area contributed by atoms with Gasteiger partial charge in [0.25, 0.3) is 5.91 Å². The van der Waals surface area contributed by atoms with Crippen molar-refractivity contribution in [3.8, 4) is 0 Å². The summed E-state index contributed by atoms with van der Waals surface area (Å²) in [5.74, 6) is -2.55. The first-order chi connectivity index (χ1) is 14.4. The summed E-state index contributed by atoms with van der Waals surface area (Å²) in [6.07, 6.45) is 2.85. The first-order valence-corrected chi connectivity index (χ1v) is 9.88. The van der Waals surface area contributed by atoms with Gasteiger partial charge >= 0.3 is 11.9 Å². The minimum absolute atomic E-state index is 0.244. The van der Waals surface area contributed by atoms with Gasteiger partial charge in [-0.1, -0.05) is 0 Å². The van der Waals surface area contributed by atoms with E-state index in [2.05, 4.69) is 10.1 Å². The molecule has 1 saturated heterocycles. The molecule has 0 spiro atoms. The maximum atomic E-state index is 12.6. The molecule has 0 radical (unpaired) electrons. The summed E-state index contributed by atoms with van der Waals surface area (Å²) in [6, 6.07) is 6.01. The van der Waals surface area contributed by atoms with Crippen molar-refractivity contribution in [1.82, 2.24) is 4.90 Å². The lowest BCUT2D eigenvalue weighted by molar-refractivity contribution is -0.154. The molecule has 1 aliphatic heterocycles. The highest BCUT2D eigenvalue weighted by Crippen LogP contribution is 2.56. The van der Waals surface area contributed by atoms with Crippen LogP contribution >= 0.6 is 0 Å². The maximum absolute atomic E-state index is 12.6. The van der Waals surface area contributed by atoms with E-state index < -0.39 is 31.0 Å². The lowest BCUT2D eigenvalue weighted by Crippen LogP contribution is -2.38. The molecule has 2 saturated carbocycles. The van der Waals surface area contributed by atoms with Crippen molar-refractivity contribution in [3.05, 3.63) is 29.8 Å². The Balaban J connectivity index is 1.26. The lowest BCUT2D eigenvalue weighted by atomic mass is 9.81. The smallest absolute Gasteiger partial charge is 0.337 e. The zero-order valence-corrected chi connectivity index (χ0v) is 16.5. The lowest BCUT2D eigenvalue weighted by Gasteiger charge is -2.19. The Morgan fingerprint density at radius 1 is 1.03 bits per heavy atom. The third kappa shape index (κ3) is 3.55. The van der Waals surface area contributed by atoms with Crippen LogP contribution in [-0.4, -0.2) is 54.8 Å². The van der Waals surface area contributed by atoms with Crippen molar-refractivity contribution < 1.29 is 33.4 Å². The van der Waals surface area contributed by atoms with Crippen LogP contribution in [0, 0.1) is 23.7 Å². The first-order valence-electron chi connectivity index (χ1n) is 9.88. The number of ether oxygens (including phenoxy) is 2. The van der Waals surface area contributed by atoms with E-state index in [1.54, 1.807) is 0 Å². The number of carbonyl (C=O) groups excluding carboxylic acids is 5. The number of nitrogens with one attached hydrogen (secondary N) is 1. The Labute approximate surface area is 172 Å². The molecule has 2 bridgehead atoms. The highest BCUT2D eigenvalue weighted by Gasteiger charge is 2.61. The van der Waals surface area contributed by atoms with Gasteiger partial charge in [-0.3, -0.25) is 24.1 Å². The third-order valence-corrected chi connectivity index (χ3v) is 6.26. The molecular formula is C21H22N2O7. The molecule has 3 fully saturated rings. The number of benzene rings is 1. The van der Waals surface area contributed by atoms with Crippen LogP contribution < -0.4 is 5.32 Å². The highest BCUT2D eigenvalue weighted by atomic mass is 16.5. The van der Waals surface area contributed by atoms with Gasteiger partial charge in [0, 0.05) is 5.69 Å². The summed E-state index contributed by atoms with van der Waals surface area (Å²) in [4.78, 5) is 61.6. The predicted molar refractivity (Wildman–Crippen MR) is 102 cm³/mol. The zero-order chi connectivity index (χ0) is 21.4. The van der Waals surface area contributed by atoms with Crippen LogP contribution in [0.2, 0.25) is 0 Å². The molecule has 3 aliphatic rings. The molecule has 1 N–H and O–H groups in total. The number of nitrogens with zero attached hydrogens (tertiary/aromatic N) is 1. The zero-order valence-electron chi connectivity index (χ0n) is 16.5. The number of hydrogen-bond donors (Lipinski definition) is 1. The van der Waals surface area contributed by atoms with Gasteiger partial charge in [0.2, 0.25) is 11.8 Å². The summed E-state index contributed by atoms with van der Waals surface area (Å²) < 4.78 is 9.53. The van der Waals surface area contributed by atoms with Crippen LogP contribution in [0.5, 0.6) is 0 Å². The van der Waals surface area contributed by atoms with Crippen LogP contribution in [0.4, 0.5) is 5.69 Å². The molecule has 158 valence electrons. The predicted octanol–water partition coefficient (Wildman–Crippen LogP) is 0.986. The van der Waals surface area contributed by atoms with Crippen molar-refractivity contribution in [3.63, 3.8) is 0 Å². The van der Waals surface area contributed by atoms with E-state index in [-0.39, 0.29) is 35.5 Å². The summed E-state index contributed by atoms with van der Waals surface area (Å²) in [6.45, 7) is -1.02. The van der Waals surface area contributed by atoms with Crippen LogP contribution in [-0.2, 0) is 28.7 Å². The monoisotopic (exact) mass is 414 g/mol. The van der Waals surface area contributed by atoms with Crippen LogP contribution in [0.15, 0.2) is 24.3 Å². The molecule has 4 rings (SSSR count). The van der Waals surface area contributed by atoms with Crippen molar-refractivity contribution in [2.75, 3.05) is 25.6 Å². The van der Waals surface area contributed by atoms with E-state index in [1.807, 2.05) is 0 Å². The number of hydrogen-bond acceptors (Lipinski definition) is 7. The minimum Gasteiger partial charge on any atom is -0.465 e. The van der Waals surface area contributed by atoms with Crippen molar-refractivity contribution >= 4 is 35.3 Å². The fourth-order valence-corrected chi connectivity index (χ4v) is 4.95. The molecule has 30 heavy (non-hydrogen) atoms. The van der Waals surface area contributed by atoms with Gasteiger partial charge in [-0.05, 0) is 55.4 Å². The van der Waals surface area contributed by atoms with Crippen molar-refractivity contribution in [2.24, 2.45) is 23.7 Å². The number of amides is 3.